The van der Waals surface area contributed by atoms with Crippen molar-refractivity contribution < 1.29 is 19.4 Å². The molecule has 0 spiro atoms. The van der Waals surface area contributed by atoms with Gasteiger partial charge in [-0.2, -0.15) is 0 Å². The van der Waals surface area contributed by atoms with Crippen molar-refractivity contribution in [3.63, 3.8) is 0 Å². The van der Waals surface area contributed by atoms with E-state index in [-0.39, 0.29) is 12.7 Å². The first kappa shape index (κ1) is 17.6. The number of hydrazine groups is 1. The molecular weight excluding hydrogens is 296 g/mol. The van der Waals surface area contributed by atoms with Crippen LogP contribution in [0.4, 0.5) is 5.69 Å². The number of piperidine rings is 1. The molecule has 0 aliphatic carbocycles. The van der Waals surface area contributed by atoms with Gasteiger partial charge in [-0.3, -0.25) is 0 Å². The zero-order chi connectivity index (χ0) is 17.0. The van der Waals surface area contributed by atoms with Gasteiger partial charge in [0.15, 0.2) is 0 Å². The van der Waals surface area contributed by atoms with Gasteiger partial charge in [-0.25, -0.2) is 9.80 Å². The van der Waals surface area contributed by atoms with Gasteiger partial charge >= 0.3 is 5.97 Å². The van der Waals surface area contributed by atoms with Gasteiger partial charge in [-0.15, -0.1) is 0 Å². The van der Waals surface area contributed by atoms with Gasteiger partial charge < -0.3 is 20.0 Å². The van der Waals surface area contributed by atoms with Crippen molar-refractivity contribution in [1.82, 2.24) is 5.01 Å². The Labute approximate surface area is 137 Å². The van der Waals surface area contributed by atoms with Crippen LogP contribution >= 0.6 is 0 Å². The Kier molecular flexibility index (Phi) is 5.85. The van der Waals surface area contributed by atoms with E-state index in [4.69, 9.17) is 14.6 Å². The largest absolute Gasteiger partial charge is 0.496 e. The van der Waals surface area contributed by atoms with Crippen molar-refractivity contribution in [2.24, 2.45) is 0 Å². The van der Waals surface area contributed by atoms with E-state index in [1.54, 1.807) is 7.11 Å². The summed E-state index contributed by atoms with van der Waals surface area (Å²) in [5.74, 6) is -0.00292. The molecule has 1 aromatic carbocycles. The summed E-state index contributed by atoms with van der Waals surface area (Å²) >= 11 is 0. The number of nitrogens with zero attached hydrogens (tertiary/aromatic N) is 1. The summed E-state index contributed by atoms with van der Waals surface area (Å²) in [6.07, 6.45) is 1.69. The molecule has 6 heteroatoms. The molecule has 1 saturated heterocycles. The van der Waals surface area contributed by atoms with Crippen molar-refractivity contribution in [2.45, 2.75) is 39.7 Å². The topological polar surface area (TPSA) is 71.0 Å². The number of carboxylic acids is 1. The van der Waals surface area contributed by atoms with E-state index in [1.807, 2.05) is 6.07 Å². The highest BCUT2D eigenvalue weighted by Crippen LogP contribution is 2.31. The molecule has 0 atom stereocenters. The number of carbonyl (C=O) groups is 1. The van der Waals surface area contributed by atoms with Crippen LogP contribution in [-0.2, 0) is 9.53 Å². The minimum Gasteiger partial charge on any atom is -0.496 e. The van der Waals surface area contributed by atoms with Crippen LogP contribution in [-0.4, -0.2) is 49.0 Å². The third-order valence-electron chi connectivity index (χ3n) is 4.42. The fourth-order valence-corrected chi connectivity index (χ4v) is 2.91. The lowest BCUT2D eigenvalue weighted by Crippen LogP contribution is -2.41. The first-order valence-electron chi connectivity index (χ1n) is 7.92. The van der Waals surface area contributed by atoms with Crippen molar-refractivity contribution in [3.05, 3.63) is 22.8 Å². The maximum absolute atomic E-state index is 10.5. The predicted octanol–water partition coefficient (Wildman–Crippen LogP) is 2.51. The maximum atomic E-state index is 10.5. The Bertz CT molecular complexity index is 566. The van der Waals surface area contributed by atoms with E-state index in [9.17, 15) is 4.79 Å². The summed E-state index contributed by atoms with van der Waals surface area (Å²) in [5, 5.41) is 10.8. The summed E-state index contributed by atoms with van der Waals surface area (Å²) in [6, 6.07) is 2.05. The van der Waals surface area contributed by atoms with Gasteiger partial charge in [0, 0.05) is 13.1 Å². The number of aliphatic carboxylic acids is 1. The number of methoxy groups -OCH3 is 1. The van der Waals surface area contributed by atoms with Gasteiger partial charge in [-0.05, 0) is 56.4 Å². The molecule has 0 saturated carbocycles. The van der Waals surface area contributed by atoms with Crippen molar-refractivity contribution >= 4 is 11.7 Å². The highest BCUT2D eigenvalue weighted by molar-refractivity contribution is 5.68. The Hall–Kier alpha value is -1.79. The molecule has 1 aromatic rings. The summed E-state index contributed by atoms with van der Waals surface area (Å²) in [6.45, 7) is 7.66. The Morgan fingerprint density at radius 1 is 1.30 bits per heavy atom. The first-order chi connectivity index (χ1) is 10.9. The quantitative estimate of drug-likeness (QED) is 0.838. The molecule has 1 aliphatic rings. The molecular formula is C17H26N2O4. The number of hydrogen-bond donors (Lipinski definition) is 2. The van der Waals surface area contributed by atoms with Crippen LogP contribution in [0.2, 0.25) is 0 Å². The summed E-state index contributed by atoms with van der Waals surface area (Å²) in [5.41, 5.74) is 8.09. The van der Waals surface area contributed by atoms with Crippen LogP contribution < -0.4 is 10.2 Å². The second kappa shape index (κ2) is 7.66. The average molecular weight is 322 g/mol. The maximum Gasteiger partial charge on any atom is 0.329 e. The average Bonchev–Trinajstić information content (AvgIpc) is 2.54. The zero-order valence-corrected chi connectivity index (χ0v) is 14.3. The number of nitrogens with one attached hydrogen (secondary N) is 1. The second-order valence-electron chi connectivity index (χ2n) is 6.02. The lowest BCUT2D eigenvalue weighted by molar-refractivity contribution is -0.145. The van der Waals surface area contributed by atoms with Crippen molar-refractivity contribution in [2.75, 3.05) is 32.2 Å². The Morgan fingerprint density at radius 2 is 1.96 bits per heavy atom. The molecule has 6 nitrogen and oxygen atoms in total. The standard InChI is InChI=1S/C17H26N2O4/c1-11-9-15(22-4)12(2)13(3)17(11)18-19-7-5-14(6-8-19)23-10-16(20)21/h9,14,18H,5-8,10H2,1-4H3,(H,20,21). The van der Waals surface area contributed by atoms with E-state index in [1.165, 1.54) is 5.56 Å². The number of aryl methyl sites for hydroxylation is 1. The molecule has 1 heterocycles. The van der Waals surface area contributed by atoms with Crippen LogP contribution in [0, 0.1) is 20.8 Å². The lowest BCUT2D eigenvalue weighted by Gasteiger charge is -2.33. The van der Waals surface area contributed by atoms with Gasteiger partial charge in [0.25, 0.3) is 0 Å². The molecule has 128 valence electrons. The minimum atomic E-state index is -0.912. The summed E-state index contributed by atoms with van der Waals surface area (Å²) < 4.78 is 10.8. The summed E-state index contributed by atoms with van der Waals surface area (Å²) in [7, 11) is 1.69. The molecule has 1 aliphatic heterocycles. The third-order valence-corrected chi connectivity index (χ3v) is 4.42. The lowest BCUT2D eigenvalue weighted by atomic mass is 10.0. The molecule has 0 radical (unpaired) electrons. The van der Waals surface area contributed by atoms with Crippen LogP contribution in [0.15, 0.2) is 6.07 Å². The van der Waals surface area contributed by atoms with Crippen molar-refractivity contribution in [1.29, 1.82) is 0 Å². The molecule has 0 unspecified atom stereocenters. The Balaban J connectivity index is 1.97. The van der Waals surface area contributed by atoms with Crippen molar-refractivity contribution in [3.8, 4) is 5.75 Å². The van der Waals surface area contributed by atoms with Crippen LogP contribution in [0.25, 0.3) is 0 Å². The number of anilines is 1. The Morgan fingerprint density at radius 3 is 2.52 bits per heavy atom. The van der Waals surface area contributed by atoms with Gasteiger partial charge in [0.1, 0.15) is 12.4 Å². The van der Waals surface area contributed by atoms with E-state index in [0.717, 1.165) is 48.5 Å². The fraction of sp³-hybridized carbons (Fsp3) is 0.588. The predicted molar refractivity (Wildman–Crippen MR) is 89.0 cm³/mol. The second-order valence-corrected chi connectivity index (χ2v) is 6.02. The van der Waals surface area contributed by atoms with E-state index in [2.05, 4.69) is 31.2 Å². The number of ether oxygens (including phenoxy) is 2. The molecule has 0 amide bonds. The van der Waals surface area contributed by atoms with Crippen LogP contribution in [0.1, 0.15) is 29.5 Å². The third kappa shape index (κ3) is 4.36. The number of carboxylic acid groups (broad SMARTS) is 1. The monoisotopic (exact) mass is 322 g/mol. The molecule has 2 rings (SSSR count). The molecule has 0 bridgehead atoms. The van der Waals surface area contributed by atoms with E-state index >= 15 is 0 Å². The van der Waals surface area contributed by atoms with Crippen LogP contribution in [0.3, 0.4) is 0 Å². The normalized spacial score (nSPS) is 16.3. The molecule has 23 heavy (non-hydrogen) atoms. The van der Waals surface area contributed by atoms with Gasteiger partial charge in [0.2, 0.25) is 0 Å². The molecule has 2 N–H and O–H groups in total. The zero-order valence-electron chi connectivity index (χ0n) is 14.3. The smallest absolute Gasteiger partial charge is 0.329 e. The minimum absolute atomic E-state index is 0.0314. The highest BCUT2D eigenvalue weighted by Gasteiger charge is 2.21. The van der Waals surface area contributed by atoms with E-state index in [0.29, 0.717) is 0 Å². The molecule has 1 fully saturated rings. The van der Waals surface area contributed by atoms with Gasteiger partial charge in [0.05, 0.1) is 18.9 Å². The highest BCUT2D eigenvalue weighted by atomic mass is 16.5. The number of hydrogen-bond acceptors (Lipinski definition) is 5. The summed E-state index contributed by atoms with van der Waals surface area (Å²) in [4.78, 5) is 10.5. The van der Waals surface area contributed by atoms with E-state index < -0.39 is 5.97 Å². The molecule has 0 aromatic heterocycles. The number of rotatable bonds is 6. The fourth-order valence-electron chi connectivity index (χ4n) is 2.91. The van der Waals surface area contributed by atoms with Crippen LogP contribution in [0.5, 0.6) is 5.75 Å². The van der Waals surface area contributed by atoms with Gasteiger partial charge in [-0.1, -0.05) is 0 Å². The SMILES string of the molecule is COc1cc(C)c(NN2CCC(OCC(=O)O)CC2)c(C)c1C. The number of benzene rings is 1. The first-order valence-corrected chi connectivity index (χ1v) is 7.92.